The maximum Gasteiger partial charge on any atom is 0.251 e. The minimum Gasteiger partial charge on any atom is -0.310 e. The molecule has 17 heavy (non-hydrogen) atoms. The standard InChI is InChI=1S/C14H22N2O/c1-9-5-6-10(7-9)13-15-11(14(2,3)4)8-12(17)16-13/h8-10H,5-7H2,1-4H3,(H,15,16,17). The molecule has 0 saturated heterocycles. The summed E-state index contributed by atoms with van der Waals surface area (Å²) in [4.78, 5) is 19.3. The lowest BCUT2D eigenvalue weighted by Gasteiger charge is -2.19. The molecular weight excluding hydrogens is 212 g/mol. The van der Waals surface area contributed by atoms with Crippen LogP contribution < -0.4 is 5.56 Å². The van der Waals surface area contributed by atoms with E-state index in [2.05, 4.69) is 37.7 Å². The van der Waals surface area contributed by atoms with Gasteiger partial charge in [-0.2, -0.15) is 0 Å². The summed E-state index contributed by atoms with van der Waals surface area (Å²) in [5.74, 6) is 2.09. The normalized spacial score (nSPS) is 25.2. The molecule has 2 unspecified atom stereocenters. The number of nitrogens with zero attached hydrogens (tertiary/aromatic N) is 1. The number of aromatic amines is 1. The zero-order chi connectivity index (χ0) is 12.6. The van der Waals surface area contributed by atoms with E-state index < -0.39 is 0 Å². The van der Waals surface area contributed by atoms with E-state index in [0.717, 1.165) is 30.3 Å². The van der Waals surface area contributed by atoms with Crippen molar-refractivity contribution in [2.24, 2.45) is 5.92 Å². The van der Waals surface area contributed by atoms with Gasteiger partial charge >= 0.3 is 0 Å². The van der Waals surface area contributed by atoms with Crippen LogP contribution in [-0.4, -0.2) is 9.97 Å². The van der Waals surface area contributed by atoms with E-state index in [1.54, 1.807) is 6.07 Å². The molecule has 0 radical (unpaired) electrons. The van der Waals surface area contributed by atoms with Crippen LogP contribution >= 0.6 is 0 Å². The van der Waals surface area contributed by atoms with Crippen molar-refractivity contribution in [2.45, 2.75) is 58.3 Å². The monoisotopic (exact) mass is 234 g/mol. The highest BCUT2D eigenvalue weighted by Gasteiger charge is 2.26. The number of H-pyrrole nitrogens is 1. The highest BCUT2D eigenvalue weighted by atomic mass is 16.1. The van der Waals surface area contributed by atoms with Gasteiger partial charge in [-0.1, -0.05) is 27.7 Å². The van der Waals surface area contributed by atoms with Gasteiger partial charge in [0.25, 0.3) is 5.56 Å². The molecule has 1 aliphatic carbocycles. The van der Waals surface area contributed by atoms with Crippen molar-refractivity contribution in [3.63, 3.8) is 0 Å². The Morgan fingerprint density at radius 1 is 1.35 bits per heavy atom. The minimum atomic E-state index is -0.0623. The van der Waals surface area contributed by atoms with Gasteiger partial charge in [0.05, 0.1) is 5.69 Å². The lowest BCUT2D eigenvalue weighted by atomic mass is 9.91. The summed E-state index contributed by atoms with van der Waals surface area (Å²) in [6.07, 6.45) is 3.54. The van der Waals surface area contributed by atoms with Gasteiger partial charge in [-0.15, -0.1) is 0 Å². The molecule has 0 aliphatic heterocycles. The zero-order valence-electron chi connectivity index (χ0n) is 11.2. The second kappa shape index (κ2) is 4.28. The molecule has 1 aromatic heterocycles. The molecule has 94 valence electrons. The Labute approximate surface area is 103 Å². The van der Waals surface area contributed by atoms with Crippen LogP contribution in [0.4, 0.5) is 0 Å². The number of nitrogens with one attached hydrogen (secondary N) is 1. The minimum absolute atomic E-state index is 0.0144. The quantitative estimate of drug-likeness (QED) is 0.812. The summed E-state index contributed by atoms with van der Waals surface area (Å²) in [5, 5.41) is 0. The maximum atomic E-state index is 11.7. The molecule has 1 saturated carbocycles. The molecule has 1 fully saturated rings. The third-order valence-corrected chi connectivity index (χ3v) is 3.61. The van der Waals surface area contributed by atoms with E-state index >= 15 is 0 Å². The average Bonchev–Trinajstić information content (AvgIpc) is 2.62. The van der Waals surface area contributed by atoms with Gasteiger partial charge in [0.15, 0.2) is 0 Å². The second-order valence-electron chi connectivity index (χ2n) is 6.38. The van der Waals surface area contributed by atoms with E-state index in [9.17, 15) is 4.79 Å². The predicted octanol–water partition coefficient (Wildman–Crippen LogP) is 2.97. The number of hydrogen-bond donors (Lipinski definition) is 1. The van der Waals surface area contributed by atoms with Crippen molar-refractivity contribution in [1.29, 1.82) is 0 Å². The van der Waals surface area contributed by atoms with E-state index in [0.29, 0.717) is 5.92 Å². The van der Waals surface area contributed by atoms with Crippen LogP contribution in [0.15, 0.2) is 10.9 Å². The topological polar surface area (TPSA) is 45.8 Å². The second-order valence-corrected chi connectivity index (χ2v) is 6.38. The number of aromatic nitrogens is 2. The lowest BCUT2D eigenvalue weighted by Crippen LogP contribution is -2.22. The summed E-state index contributed by atoms with van der Waals surface area (Å²) in [5.41, 5.74) is 0.822. The Morgan fingerprint density at radius 2 is 2.06 bits per heavy atom. The van der Waals surface area contributed by atoms with Gasteiger partial charge in [-0.05, 0) is 25.2 Å². The number of rotatable bonds is 1. The van der Waals surface area contributed by atoms with Crippen LogP contribution in [0, 0.1) is 5.92 Å². The van der Waals surface area contributed by atoms with Crippen molar-refractivity contribution in [3.05, 3.63) is 27.9 Å². The molecule has 1 aliphatic rings. The van der Waals surface area contributed by atoms with Crippen molar-refractivity contribution in [2.75, 3.05) is 0 Å². The molecule has 3 heteroatoms. The highest BCUT2D eigenvalue weighted by molar-refractivity contribution is 5.14. The average molecular weight is 234 g/mol. The van der Waals surface area contributed by atoms with Gasteiger partial charge in [0.1, 0.15) is 5.82 Å². The van der Waals surface area contributed by atoms with Crippen molar-refractivity contribution < 1.29 is 0 Å². The van der Waals surface area contributed by atoms with E-state index in [1.807, 2.05) is 0 Å². The fourth-order valence-electron chi connectivity index (χ4n) is 2.51. The zero-order valence-corrected chi connectivity index (χ0v) is 11.2. The Kier molecular flexibility index (Phi) is 3.11. The molecule has 1 aromatic rings. The Bertz CT molecular complexity index is 456. The van der Waals surface area contributed by atoms with Crippen LogP contribution in [0.2, 0.25) is 0 Å². The van der Waals surface area contributed by atoms with Crippen molar-refractivity contribution in [3.8, 4) is 0 Å². The first kappa shape index (κ1) is 12.3. The largest absolute Gasteiger partial charge is 0.310 e. The maximum absolute atomic E-state index is 11.7. The molecule has 3 nitrogen and oxygen atoms in total. The van der Waals surface area contributed by atoms with Gasteiger partial charge in [0, 0.05) is 17.4 Å². The first-order chi connectivity index (χ1) is 7.86. The van der Waals surface area contributed by atoms with Crippen LogP contribution in [0.1, 0.15) is 64.4 Å². The first-order valence-corrected chi connectivity index (χ1v) is 6.48. The van der Waals surface area contributed by atoms with Gasteiger partial charge in [-0.3, -0.25) is 4.79 Å². The van der Waals surface area contributed by atoms with E-state index in [1.165, 1.54) is 6.42 Å². The van der Waals surface area contributed by atoms with Crippen LogP contribution in [0.3, 0.4) is 0 Å². The summed E-state index contributed by atoms with van der Waals surface area (Å²) < 4.78 is 0. The van der Waals surface area contributed by atoms with Gasteiger partial charge in [-0.25, -0.2) is 4.98 Å². The molecule has 2 rings (SSSR count). The van der Waals surface area contributed by atoms with Crippen molar-refractivity contribution >= 4 is 0 Å². The van der Waals surface area contributed by atoms with Crippen molar-refractivity contribution in [1.82, 2.24) is 9.97 Å². The molecular formula is C14H22N2O. The fraction of sp³-hybridized carbons (Fsp3) is 0.714. The first-order valence-electron chi connectivity index (χ1n) is 6.48. The third kappa shape index (κ3) is 2.76. The summed E-state index contributed by atoms with van der Waals surface area (Å²) in [6, 6.07) is 1.63. The Morgan fingerprint density at radius 3 is 2.59 bits per heavy atom. The van der Waals surface area contributed by atoms with E-state index in [-0.39, 0.29) is 11.0 Å². The summed E-state index contributed by atoms with van der Waals surface area (Å²) in [6.45, 7) is 8.55. The summed E-state index contributed by atoms with van der Waals surface area (Å²) in [7, 11) is 0. The van der Waals surface area contributed by atoms with Crippen LogP contribution in [0.25, 0.3) is 0 Å². The smallest absolute Gasteiger partial charge is 0.251 e. The Balaban J connectivity index is 2.36. The van der Waals surface area contributed by atoms with Gasteiger partial charge < -0.3 is 4.98 Å². The van der Waals surface area contributed by atoms with Crippen LogP contribution in [0.5, 0.6) is 0 Å². The molecule has 0 aromatic carbocycles. The fourth-order valence-corrected chi connectivity index (χ4v) is 2.51. The molecule has 0 spiro atoms. The highest BCUT2D eigenvalue weighted by Crippen LogP contribution is 2.36. The SMILES string of the molecule is CC1CCC(c2nc(C(C)(C)C)cc(=O)[nH]2)C1. The molecule has 1 heterocycles. The molecule has 0 amide bonds. The predicted molar refractivity (Wildman–Crippen MR) is 69.3 cm³/mol. The lowest BCUT2D eigenvalue weighted by molar-refractivity contribution is 0.543. The third-order valence-electron chi connectivity index (χ3n) is 3.61. The number of hydrogen-bond acceptors (Lipinski definition) is 2. The van der Waals surface area contributed by atoms with Gasteiger partial charge in [0.2, 0.25) is 0 Å². The molecule has 2 atom stereocenters. The molecule has 1 N–H and O–H groups in total. The van der Waals surface area contributed by atoms with E-state index in [4.69, 9.17) is 0 Å². The summed E-state index contributed by atoms with van der Waals surface area (Å²) >= 11 is 0. The van der Waals surface area contributed by atoms with Crippen LogP contribution in [-0.2, 0) is 5.41 Å². The molecule has 0 bridgehead atoms. The Hall–Kier alpha value is -1.12.